The number of hydrogen-bond donors (Lipinski definition) is 1. The van der Waals surface area contributed by atoms with Crippen LogP contribution in [0.4, 0.5) is 0 Å². The van der Waals surface area contributed by atoms with Crippen LogP contribution < -0.4 is 5.32 Å². The van der Waals surface area contributed by atoms with Gasteiger partial charge in [-0.1, -0.05) is 40.0 Å². The third kappa shape index (κ3) is 3.75. The Morgan fingerprint density at radius 1 is 1.32 bits per heavy atom. The van der Waals surface area contributed by atoms with Crippen molar-refractivity contribution in [3.8, 4) is 0 Å². The second-order valence-electron chi connectivity index (χ2n) is 6.08. The predicted octanol–water partition coefficient (Wildman–Crippen LogP) is 2.56. The lowest BCUT2D eigenvalue weighted by atomic mass is 9.83. The summed E-state index contributed by atoms with van der Waals surface area (Å²) >= 11 is 0. The summed E-state index contributed by atoms with van der Waals surface area (Å²) < 4.78 is 2.08. The van der Waals surface area contributed by atoms with E-state index in [0.29, 0.717) is 12.0 Å². The molecule has 2 atom stereocenters. The second-order valence-corrected chi connectivity index (χ2v) is 6.08. The third-order valence-corrected chi connectivity index (χ3v) is 4.10. The zero-order chi connectivity index (χ0) is 13.7. The maximum absolute atomic E-state index is 4.25. The van der Waals surface area contributed by atoms with E-state index in [1.165, 1.54) is 32.1 Å². The van der Waals surface area contributed by atoms with Gasteiger partial charge in [0.1, 0.15) is 0 Å². The average molecular weight is 265 g/mol. The van der Waals surface area contributed by atoms with Crippen LogP contribution >= 0.6 is 0 Å². The largest absolute Gasteiger partial charge is 0.310 e. The molecule has 2 rings (SSSR count). The quantitative estimate of drug-likeness (QED) is 0.859. The van der Waals surface area contributed by atoms with Crippen molar-refractivity contribution in [2.75, 3.05) is 6.54 Å². The molecule has 1 N–H and O–H groups in total. The van der Waals surface area contributed by atoms with Gasteiger partial charge < -0.3 is 5.32 Å². The van der Waals surface area contributed by atoms with Crippen LogP contribution in [0.5, 0.6) is 0 Å². The molecule has 19 heavy (non-hydrogen) atoms. The van der Waals surface area contributed by atoms with Gasteiger partial charge in [-0.25, -0.2) is 4.68 Å². The van der Waals surface area contributed by atoms with Crippen LogP contribution in [0.25, 0.3) is 0 Å². The number of tetrazole rings is 1. The van der Waals surface area contributed by atoms with Crippen molar-refractivity contribution in [3.63, 3.8) is 0 Å². The van der Waals surface area contributed by atoms with E-state index >= 15 is 0 Å². The lowest BCUT2D eigenvalue weighted by Crippen LogP contribution is -2.28. The van der Waals surface area contributed by atoms with Crippen LogP contribution in [0, 0.1) is 11.8 Å². The van der Waals surface area contributed by atoms with E-state index in [1.54, 1.807) is 0 Å². The monoisotopic (exact) mass is 265 g/mol. The molecule has 1 aromatic rings. The smallest absolute Gasteiger partial charge is 0.165 e. The Kier molecular flexibility index (Phi) is 5.31. The molecule has 0 bridgehead atoms. The molecule has 1 heterocycles. The van der Waals surface area contributed by atoms with Gasteiger partial charge in [-0.2, -0.15) is 0 Å². The molecule has 1 aliphatic carbocycles. The van der Waals surface area contributed by atoms with Crippen LogP contribution in [-0.4, -0.2) is 26.8 Å². The molecule has 0 amide bonds. The Hall–Kier alpha value is -0.970. The molecule has 108 valence electrons. The standard InChI is InChI=1S/C14H27N5/c1-4-12-7-5-6-8-13(12)19-14(16-17-18-19)10-15-9-11(2)3/h11-13,15H,4-10H2,1-3H3. The molecular formula is C14H27N5. The molecule has 5 nitrogen and oxygen atoms in total. The highest BCUT2D eigenvalue weighted by Gasteiger charge is 2.27. The van der Waals surface area contributed by atoms with Crippen LogP contribution in [0.15, 0.2) is 0 Å². The van der Waals surface area contributed by atoms with E-state index in [-0.39, 0.29) is 0 Å². The molecule has 0 aliphatic heterocycles. The Morgan fingerprint density at radius 2 is 2.11 bits per heavy atom. The van der Waals surface area contributed by atoms with Gasteiger partial charge in [-0.3, -0.25) is 0 Å². The summed E-state index contributed by atoms with van der Waals surface area (Å²) in [5.74, 6) is 2.38. The topological polar surface area (TPSA) is 55.6 Å². The molecule has 0 spiro atoms. The summed E-state index contributed by atoms with van der Waals surface area (Å²) in [5, 5.41) is 15.8. The van der Waals surface area contributed by atoms with Crippen LogP contribution in [0.1, 0.15) is 64.7 Å². The predicted molar refractivity (Wildman–Crippen MR) is 75.6 cm³/mol. The van der Waals surface area contributed by atoms with Crippen molar-refractivity contribution in [2.45, 2.75) is 65.5 Å². The third-order valence-electron chi connectivity index (χ3n) is 4.10. The molecule has 1 saturated carbocycles. The molecule has 0 aromatic carbocycles. The minimum atomic E-state index is 0.504. The van der Waals surface area contributed by atoms with Gasteiger partial charge in [0, 0.05) is 0 Å². The Balaban J connectivity index is 2.01. The fourth-order valence-corrected chi connectivity index (χ4v) is 3.05. The van der Waals surface area contributed by atoms with Crippen molar-refractivity contribution in [1.29, 1.82) is 0 Å². The van der Waals surface area contributed by atoms with Crippen LogP contribution in [0.3, 0.4) is 0 Å². The lowest BCUT2D eigenvalue weighted by Gasteiger charge is -2.31. The van der Waals surface area contributed by atoms with Crippen LogP contribution in [-0.2, 0) is 6.54 Å². The summed E-state index contributed by atoms with van der Waals surface area (Å²) in [6.07, 6.45) is 6.43. The highest BCUT2D eigenvalue weighted by atomic mass is 15.6. The summed E-state index contributed by atoms with van der Waals surface area (Å²) in [7, 11) is 0. The highest BCUT2D eigenvalue weighted by molar-refractivity contribution is 4.88. The summed E-state index contributed by atoms with van der Waals surface area (Å²) in [5.41, 5.74) is 0. The van der Waals surface area contributed by atoms with Crippen molar-refractivity contribution in [2.24, 2.45) is 11.8 Å². The molecule has 0 radical (unpaired) electrons. The summed E-state index contributed by atoms with van der Waals surface area (Å²) in [6.45, 7) is 8.49. The van der Waals surface area contributed by atoms with E-state index in [2.05, 4.69) is 46.3 Å². The lowest BCUT2D eigenvalue weighted by molar-refractivity contribution is 0.209. The van der Waals surface area contributed by atoms with E-state index in [1.807, 2.05) is 0 Å². The zero-order valence-electron chi connectivity index (χ0n) is 12.5. The molecular weight excluding hydrogens is 238 g/mol. The average Bonchev–Trinajstić information content (AvgIpc) is 2.86. The maximum atomic E-state index is 4.25. The van der Waals surface area contributed by atoms with Gasteiger partial charge in [-0.15, -0.1) is 5.10 Å². The van der Waals surface area contributed by atoms with E-state index in [4.69, 9.17) is 0 Å². The highest BCUT2D eigenvalue weighted by Crippen LogP contribution is 2.35. The summed E-state index contributed by atoms with van der Waals surface area (Å²) in [4.78, 5) is 0. The van der Waals surface area contributed by atoms with Gasteiger partial charge in [0.25, 0.3) is 0 Å². The number of hydrogen-bond acceptors (Lipinski definition) is 4. The SMILES string of the molecule is CCC1CCCCC1n1nnnc1CNCC(C)C. The molecule has 1 aromatic heterocycles. The Bertz CT molecular complexity index is 374. The number of nitrogens with zero attached hydrogens (tertiary/aromatic N) is 4. The Labute approximate surface area is 116 Å². The molecule has 1 fully saturated rings. The minimum absolute atomic E-state index is 0.504. The Morgan fingerprint density at radius 3 is 2.84 bits per heavy atom. The number of nitrogens with one attached hydrogen (secondary N) is 1. The minimum Gasteiger partial charge on any atom is -0.310 e. The van der Waals surface area contributed by atoms with E-state index < -0.39 is 0 Å². The number of aromatic nitrogens is 4. The van der Waals surface area contributed by atoms with Gasteiger partial charge >= 0.3 is 0 Å². The first-order valence-corrected chi connectivity index (χ1v) is 7.69. The van der Waals surface area contributed by atoms with Gasteiger partial charge in [-0.05, 0) is 41.6 Å². The van der Waals surface area contributed by atoms with E-state index in [0.717, 1.165) is 24.8 Å². The first-order chi connectivity index (χ1) is 9.22. The van der Waals surface area contributed by atoms with Crippen LogP contribution in [0.2, 0.25) is 0 Å². The van der Waals surface area contributed by atoms with Crippen molar-refractivity contribution >= 4 is 0 Å². The summed E-state index contributed by atoms with van der Waals surface area (Å²) in [6, 6.07) is 0.504. The van der Waals surface area contributed by atoms with Crippen molar-refractivity contribution < 1.29 is 0 Å². The fourth-order valence-electron chi connectivity index (χ4n) is 3.05. The molecule has 1 aliphatic rings. The molecule has 5 heteroatoms. The van der Waals surface area contributed by atoms with Gasteiger partial charge in [0.2, 0.25) is 0 Å². The normalized spacial score (nSPS) is 24.0. The molecule has 0 saturated heterocycles. The van der Waals surface area contributed by atoms with Gasteiger partial charge in [0.05, 0.1) is 12.6 Å². The fraction of sp³-hybridized carbons (Fsp3) is 0.929. The molecule has 2 unspecified atom stereocenters. The first-order valence-electron chi connectivity index (χ1n) is 7.69. The van der Waals surface area contributed by atoms with Gasteiger partial charge in [0.15, 0.2) is 5.82 Å². The second kappa shape index (κ2) is 6.98. The maximum Gasteiger partial charge on any atom is 0.165 e. The number of rotatable bonds is 6. The van der Waals surface area contributed by atoms with Crippen molar-refractivity contribution in [1.82, 2.24) is 25.5 Å². The van der Waals surface area contributed by atoms with E-state index in [9.17, 15) is 0 Å². The van der Waals surface area contributed by atoms with Crippen molar-refractivity contribution in [3.05, 3.63) is 5.82 Å². The first kappa shape index (κ1) is 14.4. The zero-order valence-corrected chi connectivity index (χ0v) is 12.5.